The van der Waals surface area contributed by atoms with Gasteiger partial charge in [-0.2, -0.15) is 0 Å². The van der Waals surface area contributed by atoms with E-state index in [1.54, 1.807) is 0 Å². The van der Waals surface area contributed by atoms with Crippen molar-refractivity contribution in [2.45, 2.75) is 0 Å². The molecule has 56 valence electrons. The molecule has 0 aliphatic carbocycles. The fourth-order valence-corrected chi connectivity index (χ4v) is 0. The summed E-state index contributed by atoms with van der Waals surface area (Å²) in [6.45, 7) is 0. The second-order valence-electron chi connectivity index (χ2n) is 0.250. The van der Waals surface area contributed by atoms with Crippen molar-refractivity contribution in [3.63, 3.8) is 0 Å². The van der Waals surface area contributed by atoms with Crippen molar-refractivity contribution in [3.8, 4) is 0 Å². The standard InChI is InChI=1S/FH.3H3N.3O.Zr/h1H;3*1H3;;;;/q;;;;;2*-1;/p+2. The minimum absolute atomic E-state index is 0. The van der Waals surface area contributed by atoms with Gasteiger partial charge in [0.25, 0.3) is 0 Å². The molecule has 0 atom stereocenters. The minimum atomic E-state index is -4.29. The van der Waals surface area contributed by atoms with Gasteiger partial charge in [0.05, 0.1) is 0 Å². The first-order valence-electron chi connectivity index (χ1n) is 0.612. The van der Waals surface area contributed by atoms with Crippen molar-refractivity contribution in [3.05, 3.63) is 0 Å². The predicted octanol–water partition coefficient (Wildman–Crippen LogP) is -4.37. The molecule has 0 aromatic carbocycles. The first kappa shape index (κ1) is 39.7. The van der Waals surface area contributed by atoms with E-state index < -0.39 is 22.6 Å². The van der Waals surface area contributed by atoms with Crippen LogP contribution in [0.25, 0.3) is 0 Å². The Hall–Kier alpha value is 0.413. The SMILES string of the molecule is [F-].[NH4+].[NH4+].[NH4+].[O]=[Zr]([O-])[O-]. The molecule has 0 saturated heterocycles. The van der Waals surface area contributed by atoms with Crippen LogP contribution in [-0.2, 0) is 25.4 Å². The van der Waals surface area contributed by atoms with E-state index in [0.29, 0.717) is 0 Å². The van der Waals surface area contributed by atoms with Gasteiger partial charge in [-0.1, -0.05) is 0 Å². The molecule has 0 spiro atoms. The molecule has 0 unspecified atom stereocenters. The molecule has 0 fully saturated rings. The third-order valence-electron chi connectivity index (χ3n) is 0. The molecular formula is H12FN3O3Zr. The number of quaternary nitrogens is 3. The van der Waals surface area contributed by atoms with Gasteiger partial charge in [-0.3, -0.25) is 0 Å². The van der Waals surface area contributed by atoms with Gasteiger partial charge in [-0.15, -0.1) is 0 Å². The summed E-state index contributed by atoms with van der Waals surface area (Å²) < 4.78 is 25.8. The molecule has 6 nitrogen and oxygen atoms in total. The molecule has 0 saturated carbocycles. The van der Waals surface area contributed by atoms with Crippen LogP contribution in [0, 0.1) is 0 Å². The molecule has 0 aliphatic rings. The molecule has 8 heteroatoms. The summed E-state index contributed by atoms with van der Waals surface area (Å²) in [5.41, 5.74) is 0. The summed E-state index contributed by atoms with van der Waals surface area (Å²) in [6, 6.07) is 0. The average Bonchev–Trinajstić information content (AvgIpc) is 0.811. The summed E-state index contributed by atoms with van der Waals surface area (Å²) in [6.07, 6.45) is 0. The molecule has 12 N–H and O–H groups in total. The third-order valence-corrected chi connectivity index (χ3v) is 0. The summed E-state index contributed by atoms with van der Waals surface area (Å²) in [4.78, 5) is 0. The van der Waals surface area contributed by atoms with E-state index >= 15 is 0 Å². The molecule has 0 aromatic rings. The Bertz CT molecular complexity index is 37.5. The number of halogens is 1. The van der Waals surface area contributed by atoms with Crippen LogP contribution >= 0.6 is 0 Å². The molecule has 8 heavy (non-hydrogen) atoms. The van der Waals surface area contributed by atoms with Crippen LogP contribution in [-0.4, -0.2) is 0 Å². The normalized spacial score (nSPS) is 3.25. The Kier molecular flexibility index (Phi) is 130. The molecule has 0 radical (unpaired) electrons. The molecule has 0 rings (SSSR count). The van der Waals surface area contributed by atoms with E-state index in [0.717, 1.165) is 0 Å². The molecule has 0 aromatic heterocycles. The van der Waals surface area contributed by atoms with Crippen molar-refractivity contribution in [2.75, 3.05) is 0 Å². The van der Waals surface area contributed by atoms with Crippen LogP contribution in [0.3, 0.4) is 0 Å². The third kappa shape index (κ3) is 1100. The summed E-state index contributed by atoms with van der Waals surface area (Å²) in [7, 11) is 0. The van der Waals surface area contributed by atoms with Gasteiger partial charge in [-0.05, 0) is 0 Å². The van der Waals surface area contributed by atoms with Gasteiger partial charge < -0.3 is 23.2 Å². The molecule has 0 aliphatic heterocycles. The Labute approximate surface area is 55.4 Å². The first-order valence-corrected chi connectivity index (χ1v) is 3.62. The summed E-state index contributed by atoms with van der Waals surface area (Å²) in [5, 5.41) is 0. The fourth-order valence-electron chi connectivity index (χ4n) is 0. The van der Waals surface area contributed by atoms with Gasteiger partial charge in [0.15, 0.2) is 0 Å². The van der Waals surface area contributed by atoms with Crippen molar-refractivity contribution >= 4 is 0 Å². The Balaban J connectivity index is -0.00000000750. The van der Waals surface area contributed by atoms with Crippen LogP contribution in [0.5, 0.6) is 0 Å². The predicted molar refractivity (Wildman–Crippen MR) is 18.6 cm³/mol. The molecule has 0 bridgehead atoms. The van der Waals surface area contributed by atoms with E-state index in [1.807, 2.05) is 0 Å². The topological polar surface area (TPSA) is 173 Å². The van der Waals surface area contributed by atoms with Gasteiger partial charge in [-0.25, -0.2) is 0 Å². The van der Waals surface area contributed by atoms with Crippen LogP contribution < -0.4 is 29.5 Å². The van der Waals surface area contributed by atoms with Crippen LogP contribution in [0.15, 0.2) is 0 Å². The second-order valence-corrected chi connectivity index (χ2v) is 1.48. The van der Waals surface area contributed by atoms with Crippen molar-refractivity contribution in [2.24, 2.45) is 0 Å². The van der Waals surface area contributed by atoms with E-state index in [4.69, 9.17) is 9.18 Å². The van der Waals surface area contributed by atoms with E-state index in [1.165, 1.54) is 0 Å². The van der Waals surface area contributed by atoms with Gasteiger partial charge in [0.1, 0.15) is 0 Å². The maximum atomic E-state index is 8.61. The Morgan fingerprint density at radius 3 is 1.00 bits per heavy atom. The molecule has 0 heterocycles. The Morgan fingerprint density at radius 2 is 1.00 bits per heavy atom. The van der Waals surface area contributed by atoms with Crippen LogP contribution in [0.4, 0.5) is 0 Å². The molecular weight excluding hydrogens is 200 g/mol. The summed E-state index contributed by atoms with van der Waals surface area (Å²) >= 11 is -4.29. The van der Waals surface area contributed by atoms with E-state index in [-0.39, 0.29) is 23.2 Å². The number of hydrogen-bond donors (Lipinski definition) is 3. The van der Waals surface area contributed by atoms with Crippen molar-refractivity contribution in [1.29, 1.82) is 0 Å². The van der Waals surface area contributed by atoms with Crippen LogP contribution in [0.1, 0.15) is 0 Å². The van der Waals surface area contributed by atoms with E-state index in [2.05, 4.69) is 0 Å². The zero-order valence-electron chi connectivity index (χ0n) is 5.10. The zero-order chi connectivity index (χ0) is 3.58. The number of rotatable bonds is 0. The summed E-state index contributed by atoms with van der Waals surface area (Å²) in [5.74, 6) is 0. The number of hydrogen-bond acceptors (Lipinski definition) is 3. The van der Waals surface area contributed by atoms with Crippen LogP contribution in [0.2, 0.25) is 0 Å². The monoisotopic (exact) mass is 211 g/mol. The Morgan fingerprint density at radius 1 is 1.00 bits per heavy atom. The first-order chi connectivity index (χ1) is 1.73. The maximum absolute atomic E-state index is 8.61. The van der Waals surface area contributed by atoms with Crippen molar-refractivity contribution in [1.82, 2.24) is 18.5 Å². The fraction of sp³-hybridized carbons (Fsp3) is 0. The van der Waals surface area contributed by atoms with Gasteiger partial charge in [0.2, 0.25) is 0 Å². The average molecular weight is 212 g/mol. The van der Waals surface area contributed by atoms with E-state index in [9.17, 15) is 0 Å². The molecule has 0 amide bonds. The van der Waals surface area contributed by atoms with Gasteiger partial charge >= 0.3 is 31.8 Å². The van der Waals surface area contributed by atoms with Crippen molar-refractivity contribution < 1.29 is 36.5 Å². The quantitative estimate of drug-likeness (QED) is 0.368. The second kappa shape index (κ2) is 26.2. The zero-order valence-corrected chi connectivity index (χ0v) is 7.56. The van der Waals surface area contributed by atoms with Gasteiger partial charge in [0, 0.05) is 0 Å².